The molecule has 0 aromatic rings. The summed E-state index contributed by atoms with van der Waals surface area (Å²) in [6, 6.07) is 0. The van der Waals surface area contributed by atoms with Crippen molar-refractivity contribution in [1.82, 2.24) is 0 Å². The lowest BCUT2D eigenvalue weighted by atomic mass is 10.9. The lowest BCUT2D eigenvalue weighted by Gasteiger charge is -1.74. The van der Waals surface area contributed by atoms with Gasteiger partial charge in [0.2, 0.25) is 0 Å². The molecule has 0 aliphatic heterocycles. The van der Waals surface area contributed by atoms with Crippen molar-refractivity contribution in [1.29, 1.82) is 0 Å². The maximum absolute atomic E-state index is 10.2. The van der Waals surface area contributed by atoms with Crippen LogP contribution in [0, 0.1) is 0 Å². The molecule has 1 atom stereocenters. The van der Waals surface area contributed by atoms with Crippen LogP contribution in [-0.2, 0) is 9.09 Å². The van der Waals surface area contributed by atoms with Gasteiger partial charge in [-0.25, -0.2) is 4.79 Å². The van der Waals surface area contributed by atoms with E-state index in [0.717, 1.165) is 0 Å². The predicted molar refractivity (Wildman–Crippen MR) is 28.8 cm³/mol. The fraction of sp³-hybridized carbons (Fsp3) is 0.667. The Hall–Kier alpha value is -0.470. The van der Waals surface area contributed by atoms with Crippen LogP contribution in [0.25, 0.3) is 0 Å². The van der Waals surface area contributed by atoms with E-state index >= 15 is 0 Å². The van der Waals surface area contributed by atoms with Gasteiger partial charge in [0.05, 0.1) is 0 Å². The monoisotopic (exact) mass is 136 g/mol. The zero-order valence-corrected chi connectivity index (χ0v) is 5.35. The lowest BCUT2D eigenvalue weighted by molar-refractivity contribution is 0.259. The molecule has 8 heavy (non-hydrogen) atoms. The molecule has 0 aliphatic carbocycles. The Labute approximate surface area is 47.9 Å². The van der Waals surface area contributed by atoms with Crippen molar-refractivity contribution >= 4 is 13.7 Å². The van der Waals surface area contributed by atoms with E-state index in [1.54, 1.807) is 6.92 Å². The standard InChI is InChI=1S/C3H6NO3P/c1-2-7-8(6)3(4)5/h2H2,1H3,(H-,4,5)/p+1. The van der Waals surface area contributed by atoms with Crippen LogP contribution < -0.4 is 5.73 Å². The topological polar surface area (TPSA) is 69.4 Å². The Kier molecular flexibility index (Phi) is 3.31. The maximum Gasteiger partial charge on any atom is 0.612 e. The molecule has 0 fully saturated rings. The third-order valence-electron chi connectivity index (χ3n) is 0.426. The van der Waals surface area contributed by atoms with Gasteiger partial charge in [-0.2, -0.15) is 0 Å². The third-order valence-corrected chi connectivity index (χ3v) is 1.28. The van der Waals surface area contributed by atoms with Crippen molar-refractivity contribution in [2.45, 2.75) is 6.92 Å². The van der Waals surface area contributed by atoms with E-state index in [9.17, 15) is 9.36 Å². The summed E-state index contributed by atoms with van der Waals surface area (Å²) in [4.78, 5) is 9.90. The minimum atomic E-state index is -2.25. The highest BCUT2D eigenvalue weighted by Crippen LogP contribution is 2.19. The van der Waals surface area contributed by atoms with Crippen molar-refractivity contribution < 1.29 is 13.9 Å². The molecule has 5 heteroatoms. The van der Waals surface area contributed by atoms with E-state index in [0.29, 0.717) is 0 Å². The average Bonchev–Trinajstić information content (AvgIpc) is 1.67. The van der Waals surface area contributed by atoms with Gasteiger partial charge in [0.1, 0.15) is 6.61 Å². The van der Waals surface area contributed by atoms with Crippen LogP contribution in [0.1, 0.15) is 6.92 Å². The molecule has 0 heterocycles. The van der Waals surface area contributed by atoms with Crippen molar-refractivity contribution in [3.05, 3.63) is 0 Å². The zero-order valence-electron chi connectivity index (χ0n) is 4.46. The minimum Gasteiger partial charge on any atom is -0.324 e. The molecule has 4 nitrogen and oxygen atoms in total. The van der Waals surface area contributed by atoms with E-state index < -0.39 is 13.7 Å². The molecule has 0 saturated carbocycles. The number of hydrogen-bond acceptors (Lipinski definition) is 3. The summed E-state index contributed by atoms with van der Waals surface area (Å²) in [5.41, 5.74) is 3.67. The molecule has 0 saturated heterocycles. The molecule has 0 aliphatic rings. The van der Waals surface area contributed by atoms with Crippen LogP contribution in [0.5, 0.6) is 0 Å². The summed E-state index contributed by atoms with van der Waals surface area (Å²) in [6.07, 6.45) is 0. The van der Waals surface area contributed by atoms with Gasteiger partial charge in [-0.3, -0.25) is 0 Å². The predicted octanol–water partition coefficient (Wildman–Crippen LogP) is 0.844. The Morgan fingerprint density at radius 3 is 2.50 bits per heavy atom. The first-order valence-corrected chi connectivity index (χ1v) is 3.25. The third kappa shape index (κ3) is 2.66. The van der Waals surface area contributed by atoms with Crippen LogP contribution in [0.2, 0.25) is 0 Å². The van der Waals surface area contributed by atoms with Gasteiger partial charge < -0.3 is 5.73 Å². The summed E-state index contributed by atoms with van der Waals surface area (Å²) >= 11 is 0. The SMILES string of the molecule is CCO[P+](=O)C(N)=O. The average molecular weight is 136 g/mol. The van der Waals surface area contributed by atoms with Crippen molar-refractivity contribution in [2.24, 2.45) is 5.73 Å². The Morgan fingerprint density at radius 1 is 1.88 bits per heavy atom. The van der Waals surface area contributed by atoms with Crippen LogP contribution in [0.15, 0.2) is 0 Å². The first kappa shape index (κ1) is 7.53. The molecule has 0 radical (unpaired) electrons. The van der Waals surface area contributed by atoms with E-state index in [4.69, 9.17) is 0 Å². The largest absolute Gasteiger partial charge is 0.612 e. The summed E-state index contributed by atoms with van der Waals surface area (Å²) in [6.45, 7) is 1.88. The second-order valence-electron chi connectivity index (χ2n) is 1.01. The Morgan fingerprint density at radius 2 is 2.38 bits per heavy atom. The molecule has 0 bridgehead atoms. The minimum absolute atomic E-state index is 0.248. The summed E-state index contributed by atoms with van der Waals surface area (Å²) in [5.74, 6) is 0. The van der Waals surface area contributed by atoms with Gasteiger partial charge in [0, 0.05) is 0 Å². The van der Waals surface area contributed by atoms with E-state index in [1.807, 2.05) is 0 Å². The second-order valence-corrected chi connectivity index (χ2v) is 2.23. The molecule has 0 spiro atoms. The molecule has 46 valence electrons. The van der Waals surface area contributed by atoms with Crippen molar-refractivity contribution in [3.8, 4) is 0 Å². The first-order valence-electron chi connectivity index (χ1n) is 2.08. The van der Waals surface area contributed by atoms with Gasteiger partial charge in [-0.05, 0) is 11.5 Å². The molecular weight excluding hydrogens is 129 g/mol. The molecule has 1 amide bonds. The lowest BCUT2D eigenvalue weighted by Crippen LogP contribution is -2.02. The maximum atomic E-state index is 10.2. The Bertz CT molecular complexity index is 113. The molecule has 0 aromatic carbocycles. The van der Waals surface area contributed by atoms with Gasteiger partial charge in [-0.15, -0.1) is 4.52 Å². The summed E-state index contributed by atoms with van der Waals surface area (Å²) in [7, 11) is -2.25. The van der Waals surface area contributed by atoms with Crippen LogP contribution in [0.4, 0.5) is 4.79 Å². The number of rotatable bonds is 3. The van der Waals surface area contributed by atoms with E-state index in [2.05, 4.69) is 10.3 Å². The highest BCUT2D eigenvalue weighted by atomic mass is 31.1. The quantitative estimate of drug-likeness (QED) is 0.584. The molecule has 0 rings (SSSR count). The van der Waals surface area contributed by atoms with Gasteiger partial charge >= 0.3 is 13.7 Å². The highest BCUT2D eigenvalue weighted by Gasteiger charge is 2.25. The summed E-state index contributed by atoms with van der Waals surface area (Å²) < 4.78 is 14.5. The second kappa shape index (κ2) is 3.52. The molecule has 1 unspecified atom stereocenters. The van der Waals surface area contributed by atoms with Crippen molar-refractivity contribution in [2.75, 3.05) is 6.61 Å². The highest BCUT2D eigenvalue weighted by molar-refractivity contribution is 7.58. The van der Waals surface area contributed by atoms with Crippen LogP contribution in [0.3, 0.4) is 0 Å². The fourth-order valence-corrected chi connectivity index (χ4v) is 0.543. The van der Waals surface area contributed by atoms with Gasteiger partial charge in [0.25, 0.3) is 0 Å². The van der Waals surface area contributed by atoms with E-state index in [-0.39, 0.29) is 6.61 Å². The molecule has 0 aromatic heterocycles. The van der Waals surface area contributed by atoms with E-state index in [1.165, 1.54) is 0 Å². The molecule has 2 N–H and O–H groups in total. The number of carbonyl (C=O) groups is 1. The first-order chi connectivity index (χ1) is 3.68. The Balaban J connectivity index is 3.49. The summed E-state index contributed by atoms with van der Waals surface area (Å²) in [5, 5.41) is 0. The molecular formula is C3H7NO3P+. The zero-order chi connectivity index (χ0) is 6.57. The van der Waals surface area contributed by atoms with Gasteiger partial charge in [0.15, 0.2) is 0 Å². The number of nitrogens with two attached hydrogens (primary N) is 1. The van der Waals surface area contributed by atoms with Crippen molar-refractivity contribution in [3.63, 3.8) is 0 Å². The fourth-order valence-electron chi connectivity index (χ4n) is 0.181. The number of hydrogen-bond donors (Lipinski definition) is 1. The van der Waals surface area contributed by atoms with Crippen LogP contribution in [-0.4, -0.2) is 12.3 Å². The normalized spacial score (nSPS) is 10.9. The number of amides is 1. The number of primary amides is 1. The number of carbonyl (C=O) groups excluding carboxylic acids is 1. The van der Waals surface area contributed by atoms with Crippen LogP contribution >= 0.6 is 8.03 Å². The van der Waals surface area contributed by atoms with Gasteiger partial charge in [-0.1, -0.05) is 0 Å². The smallest absolute Gasteiger partial charge is 0.324 e.